The monoisotopic (exact) mass is 507 g/mol. The van der Waals surface area contributed by atoms with E-state index in [1.165, 1.54) is 4.90 Å². The predicted molar refractivity (Wildman–Crippen MR) is 112 cm³/mol. The van der Waals surface area contributed by atoms with Crippen molar-refractivity contribution in [1.29, 1.82) is 0 Å². The van der Waals surface area contributed by atoms with Gasteiger partial charge in [0.15, 0.2) is 5.96 Å². The average molecular weight is 507 g/mol. The average Bonchev–Trinajstić information content (AvgIpc) is 2.61. The molecule has 0 aromatic rings. The fourth-order valence-corrected chi connectivity index (χ4v) is 3.46. The normalized spacial score (nSPS) is 21.0. The lowest BCUT2D eigenvalue weighted by Crippen LogP contribution is -2.45. The molecule has 2 saturated heterocycles. The summed E-state index contributed by atoms with van der Waals surface area (Å²) in [4.78, 5) is 8.09. The molecule has 0 unspecified atom stereocenters. The van der Waals surface area contributed by atoms with Gasteiger partial charge in [0.25, 0.3) is 0 Å². The zero-order chi connectivity index (χ0) is 18.8. The fourth-order valence-electron chi connectivity index (χ4n) is 3.46. The van der Waals surface area contributed by atoms with Crippen molar-refractivity contribution < 1.29 is 17.9 Å². The van der Waals surface area contributed by atoms with Crippen molar-refractivity contribution >= 4 is 29.9 Å². The van der Waals surface area contributed by atoms with Gasteiger partial charge < -0.3 is 15.4 Å². The Bertz CT molecular complexity index is 425. The lowest BCUT2D eigenvalue weighted by molar-refractivity contribution is -0.148. The third kappa shape index (κ3) is 10.7. The zero-order valence-electron chi connectivity index (χ0n) is 16.1. The number of halogens is 4. The van der Waals surface area contributed by atoms with Crippen LogP contribution in [-0.4, -0.2) is 94.6 Å². The molecule has 2 aliphatic heterocycles. The number of hydrogen-bond donors (Lipinski definition) is 2. The standard InChI is InChI=1S/C17H32F3N5O.HI/c1-21-16(23-6-9-24-10-12-26-13-11-24)22-5-2-15-3-7-25(8-4-15)14-17(18,19)20;/h15H,2-14H2,1H3,(H2,21,22,23);1H. The summed E-state index contributed by atoms with van der Waals surface area (Å²) in [5.41, 5.74) is 0. The van der Waals surface area contributed by atoms with E-state index in [1.807, 2.05) is 0 Å². The van der Waals surface area contributed by atoms with Gasteiger partial charge in [0.2, 0.25) is 0 Å². The van der Waals surface area contributed by atoms with Crippen LogP contribution in [0.25, 0.3) is 0 Å². The summed E-state index contributed by atoms with van der Waals surface area (Å²) in [6.07, 6.45) is -1.46. The predicted octanol–water partition coefficient (Wildman–Crippen LogP) is 1.77. The van der Waals surface area contributed by atoms with Crippen molar-refractivity contribution in [2.24, 2.45) is 10.9 Å². The van der Waals surface area contributed by atoms with Crippen LogP contribution >= 0.6 is 24.0 Å². The quantitative estimate of drug-likeness (QED) is 0.313. The Hall–Kier alpha value is -0.330. The van der Waals surface area contributed by atoms with Crippen molar-refractivity contribution in [2.45, 2.75) is 25.4 Å². The summed E-state index contributed by atoms with van der Waals surface area (Å²) in [6.45, 7) is 6.43. The first-order valence-corrected chi connectivity index (χ1v) is 9.50. The lowest BCUT2D eigenvalue weighted by Gasteiger charge is -2.32. The number of likely N-dealkylation sites (tertiary alicyclic amines) is 1. The summed E-state index contributed by atoms with van der Waals surface area (Å²) in [6, 6.07) is 0. The molecular formula is C17H33F3IN5O. The highest BCUT2D eigenvalue weighted by Crippen LogP contribution is 2.23. The molecule has 6 nitrogen and oxygen atoms in total. The van der Waals surface area contributed by atoms with E-state index in [2.05, 4.69) is 20.5 Å². The van der Waals surface area contributed by atoms with Crippen LogP contribution < -0.4 is 10.6 Å². The van der Waals surface area contributed by atoms with E-state index in [-0.39, 0.29) is 24.0 Å². The molecule has 2 heterocycles. The number of morpholine rings is 1. The van der Waals surface area contributed by atoms with Gasteiger partial charge in [-0.3, -0.25) is 14.8 Å². The number of ether oxygens (including phenoxy) is 1. The Morgan fingerprint density at radius 3 is 2.26 bits per heavy atom. The molecule has 0 spiro atoms. The van der Waals surface area contributed by atoms with E-state index in [1.54, 1.807) is 7.05 Å². The topological polar surface area (TPSA) is 52.1 Å². The second-order valence-electron chi connectivity index (χ2n) is 7.00. The minimum absolute atomic E-state index is 0. The number of rotatable bonds is 7. The van der Waals surface area contributed by atoms with Gasteiger partial charge in [0, 0.05) is 39.8 Å². The van der Waals surface area contributed by atoms with Crippen LogP contribution in [0.5, 0.6) is 0 Å². The van der Waals surface area contributed by atoms with Crippen molar-refractivity contribution in [3.8, 4) is 0 Å². The third-order valence-corrected chi connectivity index (χ3v) is 5.00. The van der Waals surface area contributed by atoms with E-state index in [0.717, 1.165) is 71.2 Å². The van der Waals surface area contributed by atoms with Gasteiger partial charge in [0.1, 0.15) is 0 Å². The maximum absolute atomic E-state index is 12.4. The van der Waals surface area contributed by atoms with E-state index >= 15 is 0 Å². The highest BCUT2D eigenvalue weighted by atomic mass is 127. The van der Waals surface area contributed by atoms with Crippen LogP contribution in [0.3, 0.4) is 0 Å². The van der Waals surface area contributed by atoms with Gasteiger partial charge in [-0.1, -0.05) is 0 Å². The summed E-state index contributed by atoms with van der Waals surface area (Å²) < 4.78 is 42.6. The number of nitrogens with zero attached hydrogens (tertiary/aromatic N) is 3. The van der Waals surface area contributed by atoms with Gasteiger partial charge in [-0.05, 0) is 38.3 Å². The maximum Gasteiger partial charge on any atom is 0.401 e. The molecule has 2 rings (SSSR count). The smallest absolute Gasteiger partial charge is 0.379 e. The zero-order valence-corrected chi connectivity index (χ0v) is 18.4. The van der Waals surface area contributed by atoms with Crippen LogP contribution in [0.15, 0.2) is 4.99 Å². The van der Waals surface area contributed by atoms with E-state index in [4.69, 9.17) is 4.74 Å². The molecule has 0 bridgehead atoms. The molecule has 0 aliphatic carbocycles. The second kappa shape index (κ2) is 13.0. The minimum atomic E-state index is -4.09. The van der Waals surface area contributed by atoms with Crippen molar-refractivity contribution in [2.75, 3.05) is 72.6 Å². The SMILES string of the molecule is CN=C(NCCC1CCN(CC(F)(F)F)CC1)NCCN1CCOCC1.I. The Morgan fingerprint density at radius 1 is 1.04 bits per heavy atom. The largest absolute Gasteiger partial charge is 0.401 e. The summed E-state index contributed by atoms with van der Waals surface area (Å²) in [5, 5.41) is 6.62. The molecule has 2 N–H and O–H groups in total. The molecule has 0 amide bonds. The molecule has 0 aromatic carbocycles. The number of aliphatic imine (C=N–C) groups is 1. The van der Waals surface area contributed by atoms with Crippen LogP contribution in [0, 0.1) is 5.92 Å². The first-order chi connectivity index (χ1) is 12.5. The third-order valence-electron chi connectivity index (χ3n) is 5.00. The Balaban J connectivity index is 0.00000364. The number of alkyl halides is 3. The number of nitrogens with one attached hydrogen (secondary N) is 2. The van der Waals surface area contributed by atoms with E-state index in [0.29, 0.717) is 19.0 Å². The molecule has 160 valence electrons. The highest BCUT2D eigenvalue weighted by Gasteiger charge is 2.32. The Kier molecular flexibility index (Phi) is 11.9. The Morgan fingerprint density at radius 2 is 1.67 bits per heavy atom. The number of guanidine groups is 1. The maximum atomic E-state index is 12.4. The van der Waals surface area contributed by atoms with Crippen LogP contribution in [0.2, 0.25) is 0 Å². The van der Waals surface area contributed by atoms with Gasteiger partial charge in [-0.15, -0.1) is 24.0 Å². The number of hydrogen-bond acceptors (Lipinski definition) is 4. The van der Waals surface area contributed by atoms with E-state index < -0.39 is 12.7 Å². The molecule has 2 aliphatic rings. The number of piperidine rings is 1. The van der Waals surface area contributed by atoms with Crippen LogP contribution in [-0.2, 0) is 4.74 Å². The second-order valence-corrected chi connectivity index (χ2v) is 7.00. The summed E-state index contributed by atoms with van der Waals surface area (Å²) >= 11 is 0. The molecule has 0 atom stereocenters. The van der Waals surface area contributed by atoms with Crippen molar-refractivity contribution in [3.63, 3.8) is 0 Å². The van der Waals surface area contributed by atoms with Gasteiger partial charge in [-0.25, -0.2) is 0 Å². The van der Waals surface area contributed by atoms with Gasteiger partial charge in [0.05, 0.1) is 19.8 Å². The van der Waals surface area contributed by atoms with Gasteiger partial charge in [-0.2, -0.15) is 13.2 Å². The first-order valence-electron chi connectivity index (χ1n) is 9.50. The molecular weight excluding hydrogens is 474 g/mol. The van der Waals surface area contributed by atoms with E-state index in [9.17, 15) is 13.2 Å². The van der Waals surface area contributed by atoms with Crippen LogP contribution in [0.1, 0.15) is 19.3 Å². The lowest BCUT2D eigenvalue weighted by atomic mass is 9.93. The van der Waals surface area contributed by atoms with Crippen molar-refractivity contribution in [3.05, 3.63) is 0 Å². The molecule has 27 heavy (non-hydrogen) atoms. The highest BCUT2D eigenvalue weighted by molar-refractivity contribution is 14.0. The molecule has 0 saturated carbocycles. The molecule has 10 heteroatoms. The first kappa shape index (κ1) is 24.7. The van der Waals surface area contributed by atoms with Crippen LogP contribution in [0.4, 0.5) is 13.2 Å². The van der Waals surface area contributed by atoms with Crippen molar-refractivity contribution in [1.82, 2.24) is 20.4 Å². The molecule has 2 fully saturated rings. The minimum Gasteiger partial charge on any atom is -0.379 e. The summed E-state index contributed by atoms with van der Waals surface area (Å²) in [5.74, 6) is 1.27. The Labute approximate surface area is 177 Å². The molecule has 0 radical (unpaired) electrons. The summed E-state index contributed by atoms with van der Waals surface area (Å²) in [7, 11) is 1.75. The molecule has 0 aromatic heterocycles. The fraction of sp³-hybridized carbons (Fsp3) is 0.941. The van der Waals surface area contributed by atoms with Gasteiger partial charge >= 0.3 is 6.18 Å².